The van der Waals surface area contributed by atoms with E-state index in [0.29, 0.717) is 6.42 Å². The molecular formula is C16H20N2O3. The lowest BCUT2D eigenvalue weighted by Gasteiger charge is -2.16. The average Bonchev–Trinajstić information content (AvgIpc) is 2.81. The summed E-state index contributed by atoms with van der Waals surface area (Å²) in [5.74, 6) is -1.05. The molecule has 2 aromatic rings. The third kappa shape index (κ3) is 3.84. The van der Waals surface area contributed by atoms with Crippen molar-refractivity contribution in [1.82, 2.24) is 10.3 Å². The molecule has 1 amide bonds. The molecular weight excluding hydrogens is 268 g/mol. The Bertz CT molecular complexity index is 646. The minimum atomic E-state index is -0.990. The molecule has 0 spiro atoms. The zero-order chi connectivity index (χ0) is 15.4. The molecule has 1 heterocycles. The lowest BCUT2D eigenvalue weighted by molar-refractivity contribution is -0.142. The van der Waals surface area contributed by atoms with Crippen molar-refractivity contribution in [2.75, 3.05) is 0 Å². The summed E-state index contributed by atoms with van der Waals surface area (Å²) < 4.78 is 0. The number of carboxylic acids is 1. The Labute approximate surface area is 123 Å². The van der Waals surface area contributed by atoms with E-state index >= 15 is 0 Å². The first-order valence-electron chi connectivity index (χ1n) is 7.04. The van der Waals surface area contributed by atoms with Gasteiger partial charge < -0.3 is 15.4 Å². The van der Waals surface area contributed by atoms with E-state index in [1.807, 2.05) is 38.1 Å². The van der Waals surface area contributed by atoms with Gasteiger partial charge in [-0.15, -0.1) is 0 Å². The molecule has 5 nitrogen and oxygen atoms in total. The van der Waals surface area contributed by atoms with Crippen LogP contribution in [0.1, 0.15) is 25.8 Å². The molecule has 0 fully saturated rings. The quantitative estimate of drug-likeness (QED) is 0.763. The van der Waals surface area contributed by atoms with E-state index in [2.05, 4.69) is 10.3 Å². The Hall–Kier alpha value is -2.30. The number of para-hydroxylation sites is 1. The van der Waals surface area contributed by atoms with Crippen molar-refractivity contribution in [3.05, 3.63) is 36.0 Å². The van der Waals surface area contributed by atoms with E-state index in [1.54, 1.807) is 6.20 Å². The van der Waals surface area contributed by atoms with Crippen LogP contribution >= 0.6 is 0 Å². The van der Waals surface area contributed by atoms with Crippen LogP contribution in [0.3, 0.4) is 0 Å². The van der Waals surface area contributed by atoms with Crippen LogP contribution in [0, 0.1) is 5.92 Å². The summed E-state index contributed by atoms with van der Waals surface area (Å²) in [6.07, 6.45) is 2.39. The maximum atomic E-state index is 12.1. The summed E-state index contributed by atoms with van der Waals surface area (Å²) in [5, 5.41) is 12.7. The van der Waals surface area contributed by atoms with Gasteiger partial charge in [-0.3, -0.25) is 4.79 Å². The number of fused-ring (bicyclic) bond motifs is 1. The van der Waals surface area contributed by atoms with Crippen LogP contribution in [-0.4, -0.2) is 28.0 Å². The van der Waals surface area contributed by atoms with E-state index in [1.165, 1.54) is 0 Å². The third-order valence-electron chi connectivity index (χ3n) is 3.37. The molecule has 5 heteroatoms. The smallest absolute Gasteiger partial charge is 0.326 e. The second-order valence-corrected chi connectivity index (χ2v) is 5.62. The molecule has 3 N–H and O–H groups in total. The zero-order valence-corrected chi connectivity index (χ0v) is 12.2. The third-order valence-corrected chi connectivity index (χ3v) is 3.37. The fraction of sp³-hybridized carbons (Fsp3) is 0.375. The average molecular weight is 288 g/mol. The summed E-state index contributed by atoms with van der Waals surface area (Å²) in [6, 6.07) is 6.89. The van der Waals surface area contributed by atoms with Crippen molar-refractivity contribution in [1.29, 1.82) is 0 Å². The van der Waals surface area contributed by atoms with Crippen molar-refractivity contribution in [2.24, 2.45) is 5.92 Å². The molecule has 0 aliphatic carbocycles. The molecule has 0 aliphatic rings. The van der Waals surface area contributed by atoms with Crippen LogP contribution in [0.2, 0.25) is 0 Å². The summed E-state index contributed by atoms with van der Waals surface area (Å²) in [4.78, 5) is 26.3. The number of benzene rings is 1. The molecule has 0 aliphatic heterocycles. The van der Waals surface area contributed by atoms with Crippen LogP contribution < -0.4 is 5.32 Å². The number of carbonyl (C=O) groups excluding carboxylic acids is 1. The van der Waals surface area contributed by atoms with Gasteiger partial charge in [-0.05, 0) is 24.0 Å². The number of amides is 1. The number of carboxylic acid groups (broad SMARTS) is 1. The largest absolute Gasteiger partial charge is 0.480 e. The van der Waals surface area contributed by atoms with Gasteiger partial charge in [0.25, 0.3) is 0 Å². The van der Waals surface area contributed by atoms with Gasteiger partial charge >= 0.3 is 5.97 Å². The van der Waals surface area contributed by atoms with Crippen molar-refractivity contribution in [3.63, 3.8) is 0 Å². The Morgan fingerprint density at radius 3 is 2.67 bits per heavy atom. The topological polar surface area (TPSA) is 82.2 Å². The normalized spacial score (nSPS) is 12.5. The van der Waals surface area contributed by atoms with Gasteiger partial charge in [0.05, 0.1) is 6.42 Å². The number of rotatable bonds is 6. The maximum absolute atomic E-state index is 12.1. The summed E-state index contributed by atoms with van der Waals surface area (Å²) in [7, 11) is 0. The molecule has 0 saturated heterocycles. The van der Waals surface area contributed by atoms with Crippen LogP contribution in [-0.2, 0) is 16.0 Å². The highest BCUT2D eigenvalue weighted by Gasteiger charge is 2.21. The van der Waals surface area contributed by atoms with Crippen molar-refractivity contribution < 1.29 is 14.7 Å². The van der Waals surface area contributed by atoms with Crippen LogP contribution in [0.4, 0.5) is 0 Å². The van der Waals surface area contributed by atoms with Gasteiger partial charge in [0.15, 0.2) is 0 Å². The Kier molecular flexibility index (Phi) is 4.62. The van der Waals surface area contributed by atoms with E-state index in [0.717, 1.165) is 16.5 Å². The highest BCUT2D eigenvalue weighted by atomic mass is 16.4. The highest BCUT2D eigenvalue weighted by molar-refractivity contribution is 5.90. The second-order valence-electron chi connectivity index (χ2n) is 5.62. The predicted molar refractivity (Wildman–Crippen MR) is 81.0 cm³/mol. The van der Waals surface area contributed by atoms with Crippen molar-refractivity contribution >= 4 is 22.8 Å². The fourth-order valence-electron chi connectivity index (χ4n) is 2.39. The van der Waals surface area contributed by atoms with E-state index in [-0.39, 0.29) is 18.2 Å². The van der Waals surface area contributed by atoms with E-state index in [4.69, 9.17) is 5.11 Å². The van der Waals surface area contributed by atoms with Gasteiger partial charge in [0.2, 0.25) is 5.91 Å². The standard InChI is InChI=1S/C16H20N2O3/c1-10(2)7-14(16(20)21)18-15(19)8-11-9-17-13-6-4-3-5-12(11)13/h3-6,9-10,14,17H,7-8H2,1-2H3,(H,18,19)(H,20,21). The van der Waals surface area contributed by atoms with Crippen LogP contribution in [0.15, 0.2) is 30.5 Å². The fourth-order valence-corrected chi connectivity index (χ4v) is 2.39. The number of carbonyl (C=O) groups is 2. The SMILES string of the molecule is CC(C)CC(NC(=O)Cc1c[nH]c2ccccc12)C(=O)O. The lowest BCUT2D eigenvalue weighted by atomic mass is 10.0. The first-order chi connectivity index (χ1) is 9.97. The molecule has 1 aromatic carbocycles. The van der Waals surface area contributed by atoms with Gasteiger partial charge in [0.1, 0.15) is 6.04 Å². The highest BCUT2D eigenvalue weighted by Crippen LogP contribution is 2.18. The number of hydrogen-bond acceptors (Lipinski definition) is 2. The van der Waals surface area contributed by atoms with Crippen molar-refractivity contribution in [3.8, 4) is 0 Å². The Morgan fingerprint density at radius 1 is 1.29 bits per heavy atom. The molecule has 0 bridgehead atoms. The number of H-pyrrole nitrogens is 1. The molecule has 1 aromatic heterocycles. The summed E-state index contributed by atoms with van der Waals surface area (Å²) in [6.45, 7) is 3.86. The molecule has 1 atom stereocenters. The molecule has 2 rings (SSSR count). The number of aromatic amines is 1. The van der Waals surface area contributed by atoms with Crippen LogP contribution in [0.5, 0.6) is 0 Å². The Balaban J connectivity index is 2.05. The summed E-state index contributed by atoms with van der Waals surface area (Å²) >= 11 is 0. The lowest BCUT2D eigenvalue weighted by Crippen LogP contribution is -2.42. The molecule has 21 heavy (non-hydrogen) atoms. The molecule has 112 valence electrons. The molecule has 0 radical (unpaired) electrons. The predicted octanol–water partition coefficient (Wildman–Crippen LogP) is 2.33. The maximum Gasteiger partial charge on any atom is 0.326 e. The molecule has 0 saturated carbocycles. The van der Waals surface area contributed by atoms with Gasteiger partial charge in [-0.1, -0.05) is 32.0 Å². The van der Waals surface area contributed by atoms with Gasteiger partial charge in [-0.2, -0.15) is 0 Å². The first kappa shape index (κ1) is 15.1. The first-order valence-corrected chi connectivity index (χ1v) is 7.04. The number of aromatic nitrogens is 1. The zero-order valence-electron chi connectivity index (χ0n) is 12.2. The van der Waals surface area contributed by atoms with Gasteiger partial charge in [0, 0.05) is 17.1 Å². The number of aliphatic carboxylic acids is 1. The van der Waals surface area contributed by atoms with E-state index < -0.39 is 12.0 Å². The van der Waals surface area contributed by atoms with E-state index in [9.17, 15) is 9.59 Å². The molecule has 1 unspecified atom stereocenters. The Morgan fingerprint density at radius 2 is 2.00 bits per heavy atom. The van der Waals surface area contributed by atoms with Crippen molar-refractivity contribution in [2.45, 2.75) is 32.7 Å². The van der Waals surface area contributed by atoms with Crippen LogP contribution in [0.25, 0.3) is 10.9 Å². The second kappa shape index (κ2) is 6.43. The van der Waals surface area contributed by atoms with Gasteiger partial charge in [-0.25, -0.2) is 4.79 Å². The minimum absolute atomic E-state index is 0.173. The monoisotopic (exact) mass is 288 g/mol. The summed E-state index contributed by atoms with van der Waals surface area (Å²) in [5.41, 5.74) is 1.84. The minimum Gasteiger partial charge on any atom is -0.480 e. The number of nitrogens with one attached hydrogen (secondary N) is 2. The number of hydrogen-bond donors (Lipinski definition) is 3.